The lowest BCUT2D eigenvalue weighted by atomic mass is 10.1. The third-order valence-corrected chi connectivity index (χ3v) is 6.88. The first kappa shape index (κ1) is 30.4. The zero-order valence-corrected chi connectivity index (χ0v) is 23.6. The van der Waals surface area contributed by atoms with E-state index in [2.05, 4.69) is 25.1 Å². The highest BCUT2D eigenvalue weighted by Crippen LogP contribution is 2.36. The van der Waals surface area contributed by atoms with Crippen LogP contribution in [0.4, 0.5) is 18.9 Å². The summed E-state index contributed by atoms with van der Waals surface area (Å²) in [6.45, 7) is 2.36. The van der Waals surface area contributed by atoms with Crippen molar-refractivity contribution >= 4 is 29.1 Å². The number of ether oxygens (including phenoxy) is 1. The van der Waals surface area contributed by atoms with Gasteiger partial charge in [-0.2, -0.15) is 13.9 Å². The van der Waals surface area contributed by atoms with E-state index in [0.717, 1.165) is 24.8 Å². The van der Waals surface area contributed by atoms with Crippen molar-refractivity contribution in [1.29, 1.82) is 0 Å². The molecular formula is C27H28ClF3N8O3. The van der Waals surface area contributed by atoms with E-state index in [1.807, 2.05) is 0 Å². The molecule has 2 aromatic heterocycles. The van der Waals surface area contributed by atoms with Gasteiger partial charge in [-0.05, 0) is 51.0 Å². The number of alkyl halides is 2. The van der Waals surface area contributed by atoms with Crippen LogP contribution in [0.1, 0.15) is 48.9 Å². The van der Waals surface area contributed by atoms with E-state index in [1.54, 1.807) is 19.9 Å². The van der Waals surface area contributed by atoms with Gasteiger partial charge in [0.15, 0.2) is 5.82 Å². The van der Waals surface area contributed by atoms with Crippen LogP contribution in [0, 0.1) is 12.7 Å². The Hall–Kier alpha value is -4.59. The SMILES string of the molecule is CC(/C=C(\N)C(C)n1cc(NC(=O)c2nc(-c3c(OC(F)F)ccc(Cl)c3F)cnc2C)cn1)=C(/N)N1CCCC1=O. The predicted octanol–water partition coefficient (Wildman–Crippen LogP) is 4.51. The molecule has 42 heavy (non-hydrogen) atoms. The van der Waals surface area contributed by atoms with Crippen molar-refractivity contribution in [2.45, 2.75) is 46.3 Å². The van der Waals surface area contributed by atoms with Crippen molar-refractivity contribution in [1.82, 2.24) is 24.6 Å². The number of nitrogens with one attached hydrogen (secondary N) is 1. The minimum Gasteiger partial charge on any atom is -0.434 e. The molecule has 5 N–H and O–H groups in total. The van der Waals surface area contributed by atoms with Gasteiger partial charge in [-0.15, -0.1) is 0 Å². The maximum Gasteiger partial charge on any atom is 0.387 e. The summed E-state index contributed by atoms with van der Waals surface area (Å²) in [7, 11) is 0. The van der Waals surface area contributed by atoms with Crippen LogP contribution in [0.15, 0.2) is 53.9 Å². The van der Waals surface area contributed by atoms with Crippen molar-refractivity contribution in [3.05, 3.63) is 76.1 Å². The zero-order chi connectivity index (χ0) is 30.7. The van der Waals surface area contributed by atoms with Crippen molar-refractivity contribution in [3.63, 3.8) is 0 Å². The molecule has 0 spiro atoms. The first-order valence-electron chi connectivity index (χ1n) is 12.7. The fourth-order valence-corrected chi connectivity index (χ4v) is 4.43. The fraction of sp³-hybridized carbons (Fsp3) is 0.296. The number of benzene rings is 1. The summed E-state index contributed by atoms with van der Waals surface area (Å²) in [6, 6.07) is 1.69. The van der Waals surface area contributed by atoms with Crippen LogP contribution in [0.5, 0.6) is 5.75 Å². The molecule has 2 amide bonds. The lowest BCUT2D eigenvalue weighted by Crippen LogP contribution is -2.29. The van der Waals surface area contributed by atoms with Crippen LogP contribution < -0.4 is 21.5 Å². The number of hydrogen-bond acceptors (Lipinski definition) is 8. The van der Waals surface area contributed by atoms with Gasteiger partial charge in [0.1, 0.15) is 17.3 Å². The van der Waals surface area contributed by atoms with Gasteiger partial charge in [0.25, 0.3) is 5.91 Å². The summed E-state index contributed by atoms with van der Waals surface area (Å²) in [5, 5.41) is 6.54. The standard InChI is InChI=1S/C27H28ClF3N8O3/c1-13(25(33)38-8-4-5-21(38)40)9-18(32)15(3)39-12-16(10-35-39)36-26(41)24-14(2)34-11-19(37-24)22-20(42-27(30)31)7-6-17(28)23(22)29/h6-7,9-12,15,27H,4-5,8,32-33H2,1-3H3,(H,36,41)/b18-9-,25-13+. The molecule has 4 rings (SSSR count). The molecule has 222 valence electrons. The van der Waals surface area contributed by atoms with Gasteiger partial charge >= 0.3 is 6.61 Å². The van der Waals surface area contributed by atoms with Gasteiger partial charge in [-0.25, -0.2) is 9.37 Å². The maximum atomic E-state index is 14.9. The third-order valence-electron chi connectivity index (χ3n) is 6.59. The Kier molecular flexibility index (Phi) is 9.05. The number of hydrogen-bond donors (Lipinski definition) is 3. The van der Waals surface area contributed by atoms with Gasteiger partial charge in [-0.1, -0.05) is 11.6 Å². The Labute approximate surface area is 244 Å². The monoisotopic (exact) mass is 604 g/mol. The topological polar surface area (TPSA) is 154 Å². The molecule has 1 aliphatic rings. The molecule has 1 fully saturated rings. The molecule has 3 heterocycles. The molecule has 1 aromatic carbocycles. The Balaban J connectivity index is 1.54. The van der Waals surface area contributed by atoms with Crippen LogP contribution in [-0.4, -0.2) is 49.6 Å². The number of aryl methyl sites for hydroxylation is 1. The number of anilines is 1. The van der Waals surface area contributed by atoms with Crippen LogP contribution >= 0.6 is 11.6 Å². The third kappa shape index (κ3) is 6.48. The molecule has 15 heteroatoms. The minimum absolute atomic E-state index is 0.0376. The molecule has 0 radical (unpaired) electrons. The molecule has 11 nitrogen and oxygen atoms in total. The second kappa shape index (κ2) is 12.5. The number of allylic oxidation sites excluding steroid dienone is 3. The first-order chi connectivity index (χ1) is 19.9. The lowest BCUT2D eigenvalue weighted by molar-refractivity contribution is -0.126. The van der Waals surface area contributed by atoms with E-state index in [1.165, 1.54) is 28.9 Å². The summed E-state index contributed by atoms with van der Waals surface area (Å²) in [5.74, 6) is -1.98. The van der Waals surface area contributed by atoms with Crippen molar-refractivity contribution in [3.8, 4) is 17.0 Å². The van der Waals surface area contributed by atoms with Gasteiger partial charge < -0.3 is 21.5 Å². The Morgan fingerprint density at radius 2 is 2.00 bits per heavy atom. The molecule has 1 aliphatic heterocycles. The van der Waals surface area contributed by atoms with Gasteiger partial charge in [0.2, 0.25) is 5.91 Å². The van der Waals surface area contributed by atoms with Crippen LogP contribution in [-0.2, 0) is 4.79 Å². The minimum atomic E-state index is -3.24. The summed E-state index contributed by atoms with van der Waals surface area (Å²) in [6.07, 6.45) is 6.90. The molecule has 0 bridgehead atoms. The number of amides is 2. The number of rotatable bonds is 9. The molecular weight excluding hydrogens is 577 g/mol. The van der Waals surface area contributed by atoms with Crippen molar-refractivity contribution in [2.75, 3.05) is 11.9 Å². The average Bonchev–Trinajstić information content (AvgIpc) is 3.59. The zero-order valence-electron chi connectivity index (χ0n) is 22.9. The van der Waals surface area contributed by atoms with E-state index < -0.39 is 35.7 Å². The highest BCUT2D eigenvalue weighted by molar-refractivity contribution is 6.31. The Morgan fingerprint density at radius 1 is 1.26 bits per heavy atom. The molecule has 0 saturated carbocycles. The van der Waals surface area contributed by atoms with E-state index in [4.69, 9.17) is 23.1 Å². The first-order valence-corrected chi connectivity index (χ1v) is 13.1. The second-order valence-electron chi connectivity index (χ2n) is 9.50. The number of nitrogens with two attached hydrogens (primary N) is 2. The molecule has 0 aliphatic carbocycles. The number of likely N-dealkylation sites (tertiary alicyclic amines) is 1. The largest absolute Gasteiger partial charge is 0.434 e. The van der Waals surface area contributed by atoms with Gasteiger partial charge in [-0.3, -0.25) is 24.2 Å². The summed E-state index contributed by atoms with van der Waals surface area (Å²) in [4.78, 5) is 34.9. The fourth-order valence-electron chi connectivity index (χ4n) is 4.27. The summed E-state index contributed by atoms with van der Waals surface area (Å²) < 4.78 is 46.6. The van der Waals surface area contributed by atoms with E-state index in [-0.39, 0.29) is 33.7 Å². The average molecular weight is 605 g/mol. The van der Waals surface area contributed by atoms with Crippen LogP contribution in [0.25, 0.3) is 11.3 Å². The number of carbonyl (C=O) groups is 2. The second-order valence-corrected chi connectivity index (χ2v) is 9.91. The normalized spacial score (nSPS) is 15.2. The van der Waals surface area contributed by atoms with E-state index in [9.17, 15) is 22.8 Å². The van der Waals surface area contributed by atoms with E-state index in [0.29, 0.717) is 30.1 Å². The quantitative estimate of drug-likeness (QED) is 0.301. The van der Waals surface area contributed by atoms with Crippen LogP contribution in [0.2, 0.25) is 5.02 Å². The Morgan fingerprint density at radius 3 is 2.67 bits per heavy atom. The maximum absolute atomic E-state index is 14.9. The molecule has 1 unspecified atom stereocenters. The van der Waals surface area contributed by atoms with Crippen molar-refractivity contribution in [2.24, 2.45) is 11.5 Å². The summed E-state index contributed by atoms with van der Waals surface area (Å²) in [5.41, 5.74) is 13.1. The van der Waals surface area contributed by atoms with Gasteiger partial charge in [0.05, 0.1) is 46.1 Å². The highest BCUT2D eigenvalue weighted by Gasteiger charge is 2.24. The molecule has 3 aromatic rings. The molecule has 1 atom stereocenters. The predicted molar refractivity (Wildman–Crippen MR) is 149 cm³/mol. The highest BCUT2D eigenvalue weighted by atomic mass is 35.5. The van der Waals surface area contributed by atoms with Gasteiger partial charge in [0, 0.05) is 24.9 Å². The number of aromatic nitrogens is 4. The summed E-state index contributed by atoms with van der Waals surface area (Å²) >= 11 is 5.85. The Bertz CT molecular complexity index is 1590. The molecule has 1 saturated heterocycles. The lowest BCUT2D eigenvalue weighted by Gasteiger charge is -2.18. The number of halogens is 4. The van der Waals surface area contributed by atoms with E-state index >= 15 is 0 Å². The number of carbonyl (C=O) groups excluding carboxylic acids is 2. The smallest absolute Gasteiger partial charge is 0.387 e. The van der Waals surface area contributed by atoms with Crippen molar-refractivity contribution < 1.29 is 27.5 Å². The number of nitrogens with zero attached hydrogens (tertiary/aromatic N) is 5. The van der Waals surface area contributed by atoms with Crippen LogP contribution in [0.3, 0.4) is 0 Å².